The fourth-order valence-electron chi connectivity index (χ4n) is 2.16. The van der Waals surface area contributed by atoms with Crippen molar-refractivity contribution in [3.63, 3.8) is 0 Å². The molecule has 2 aromatic rings. The lowest BCUT2D eigenvalue weighted by atomic mass is 10.1. The van der Waals surface area contributed by atoms with E-state index in [1.807, 2.05) is 0 Å². The Morgan fingerprint density at radius 3 is 2.65 bits per heavy atom. The Morgan fingerprint density at radius 1 is 1.30 bits per heavy atom. The number of alkyl halides is 3. The van der Waals surface area contributed by atoms with E-state index in [0.29, 0.717) is 16.5 Å². The maximum absolute atomic E-state index is 13.1. The van der Waals surface area contributed by atoms with Crippen molar-refractivity contribution >= 4 is 11.0 Å². The predicted octanol–water partition coefficient (Wildman–Crippen LogP) is 4.65. The van der Waals surface area contributed by atoms with Crippen LogP contribution in [0.15, 0.2) is 22.6 Å². The molecular weight excluding hydrogens is 276 g/mol. The first kappa shape index (κ1) is 14.8. The van der Waals surface area contributed by atoms with E-state index in [0.717, 1.165) is 0 Å². The molecule has 0 amide bonds. The van der Waals surface area contributed by atoms with Crippen LogP contribution in [0.5, 0.6) is 0 Å². The minimum Gasteiger partial charge on any atom is -0.458 e. The third-order valence-corrected chi connectivity index (χ3v) is 3.18. The highest BCUT2D eigenvalue weighted by molar-refractivity contribution is 5.82. The van der Waals surface area contributed by atoms with Gasteiger partial charge in [-0.15, -0.1) is 0 Å². The Hall–Kier alpha value is -1.56. The zero-order valence-electron chi connectivity index (χ0n) is 10.8. The fourth-order valence-corrected chi connectivity index (χ4v) is 2.16. The Morgan fingerprint density at radius 2 is 2.00 bits per heavy atom. The summed E-state index contributed by atoms with van der Waals surface area (Å²) in [5, 5.41) is 10.4. The van der Waals surface area contributed by atoms with Gasteiger partial charge in [-0.3, -0.25) is 0 Å². The van der Waals surface area contributed by atoms with Crippen LogP contribution in [-0.2, 0) is 0 Å². The molecule has 0 radical (unpaired) electrons. The molecule has 0 aliphatic carbocycles. The highest BCUT2D eigenvalue weighted by Crippen LogP contribution is 2.33. The van der Waals surface area contributed by atoms with Gasteiger partial charge in [0.1, 0.15) is 23.3 Å². The van der Waals surface area contributed by atoms with Gasteiger partial charge >= 0.3 is 6.18 Å². The van der Waals surface area contributed by atoms with Gasteiger partial charge in [-0.2, -0.15) is 13.2 Å². The van der Waals surface area contributed by atoms with Gasteiger partial charge in [0.2, 0.25) is 0 Å². The van der Waals surface area contributed by atoms with Gasteiger partial charge in [0.25, 0.3) is 0 Å². The molecule has 1 unspecified atom stereocenters. The van der Waals surface area contributed by atoms with Crippen molar-refractivity contribution in [2.75, 3.05) is 0 Å². The highest BCUT2D eigenvalue weighted by atomic mass is 19.4. The first-order valence-electron chi connectivity index (χ1n) is 6.21. The molecule has 0 saturated heterocycles. The number of aryl methyl sites for hydroxylation is 1. The molecule has 0 saturated carbocycles. The maximum Gasteiger partial charge on any atom is 0.389 e. The van der Waals surface area contributed by atoms with E-state index < -0.39 is 24.5 Å². The van der Waals surface area contributed by atoms with Crippen molar-refractivity contribution < 1.29 is 27.1 Å². The number of hydrogen-bond donors (Lipinski definition) is 1. The van der Waals surface area contributed by atoms with Crippen LogP contribution >= 0.6 is 0 Å². The van der Waals surface area contributed by atoms with Crippen molar-refractivity contribution in [1.29, 1.82) is 0 Å². The summed E-state index contributed by atoms with van der Waals surface area (Å²) in [5.41, 5.74) is 0.966. The zero-order valence-corrected chi connectivity index (χ0v) is 10.8. The summed E-state index contributed by atoms with van der Waals surface area (Å²) in [5.74, 6) is -0.229. The number of hydrogen-bond acceptors (Lipinski definition) is 2. The van der Waals surface area contributed by atoms with E-state index in [9.17, 15) is 22.7 Å². The van der Waals surface area contributed by atoms with Crippen molar-refractivity contribution in [2.24, 2.45) is 0 Å². The number of rotatable bonds is 4. The zero-order chi connectivity index (χ0) is 14.9. The van der Waals surface area contributed by atoms with Crippen LogP contribution in [0.2, 0.25) is 0 Å². The quantitative estimate of drug-likeness (QED) is 0.832. The summed E-state index contributed by atoms with van der Waals surface area (Å²) in [7, 11) is 0. The minimum atomic E-state index is -4.23. The minimum absolute atomic E-state index is 0.0529. The molecule has 1 N–H and O–H groups in total. The first-order valence-corrected chi connectivity index (χ1v) is 6.21. The molecule has 0 bridgehead atoms. The van der Waals surface area contributed by atoms with Gasteiger partial charge in [-0.05, 0) is 38.0 Å². The Kier molecular flexibility index (Phi) is 4.04. The molecule has 2 rings (SSSR count). The number of fused-ring (bicyclic) bond motifs is 1. The lowest BCUT2D eigenvalue weighted by Gasteiger charge is -2.10. The second-order valence-corrected chi connectivity index (χ2v) is 4.75. The molecule has 110 valence electrons. The molecule has 0 aliphatic heterocycles. The molecule has 0 spiro atoms. The summed E-state index contributed by atoms with van der Waals surface area (Å²) in [6.07, 6.45) is -6.53. The van der Waals surface area contributed by atoms with Gasteiger partial charge < -0.3 is 9.52 Å². The van der Waals surface area contributed by atoms with Gasteiger partial charge in [-0.25, -0.2) is 4.39 Å². The average molecular weight is 290 g/mol. The van der Waals surface area contributed by atoms with Crippen LogP contribution < -0.4 is 0 Å². The summed E-state index contributed by atoms with van der Waals surface area (Å²) >= 11 is 0. The Bertz CT molecular complexity index is 601. The second-order valence-electron chi connectivity index (χ2n) is 4.75. The maximum atomic E-state index is 13.1. The lowest BCUT2D eigenvalue weighted by molar-refractivity contribution is -0.136. The lowest BCUT2D eigenvalue weighted by Crippen LogP contribution is -2.08. The molecule has 1 aromatic heterocycles. The van der Waals surface area contributed by atoms with Crippen LogP contribution in [0, 0.1) is 12.7 Å². The van der Waals surface area contributed by atoms with Crippen molar-refractivity contribution in [2.45, 2.75) is 38.5 Å². The number of aliphatic hydroxyl groups is 1. The molecule has 1 atom stereocenters. The number of furan rings is 1. The van der Waals surface area contributed by atoms with Crippen LogP contribution in [-0.4, -0.2) is 11.3 Å². The second kappa shape index (κ2) is 5.44. The van der Waals surface area contributed by atoms with E-state index >= 15 is 0 Å². The molecule has 0 fully saturated rings. The fraction of sp³-hybridized carbons (Fsp3) is 0.429. The third-order valence-electron chi connectivity index (χ3n) is 3.18. The Labute approximate surface area is 113 Å². The number of aliphatic hydroxyl groups excluding tert-OH is 1. The molecule has 20 heavy (non-hydrogen) atoms. The summed E-state index contributed by atoms with van der Waals surface area (Å²) in [6.45, 7) is 1.65. The van der Waals surface area contributed by atoms with Crippen molar-refractivity contribution in [1.82, 2.24) is 0 Å². The molecule has 0 aliphatic rings. The first-order chi connectivity index (χ1) is 9.28. The molecule has 1 aromatic carbocycles. The van der Waals surface area contributed by atoms with Crippen LogP contribution in [0.1, 0.15) is 36.7 Å². The van der Waals surface area contributed by atoms with Crippen molar-refractivity contribution in [3.8, 4) is 0 Å². The molecule has 6 heteroatoms. The Balaban J connectivity index is 2.14. The molecule has 2 nitrogen and oxygen atoms in total. The van der Waals surface area contributed by atoms with Crippen LogP contribution in [0.4, 0.5) is 17.6 Å². The molecular formula is C14H14F4O2. The van der Waals surface area contributed by atoms with E-state index in [-0.39, 0.29) is 18.6 Å². The smallest absolute Gasteiger partial charge is 0.389 e. The summed E-state index contributed by atoms with van der Waals surface area (Å²) in [4.78, 5) is 0. The van der Waals surface area contributed by atoms with Crippen LogP contribution in [0.3, 0.4) is 0 Å². The summed E-state index contributed by atoms with van der Waals surface area (Å²) < 4.78 is 54.7. The number of halogens is 4. The van der Waals surface area contributed by atoms with Crippen molar-refractivity contribution in [3.05, 3.63) is 35.3 Å². The average Bonchev–Trinajstić information content (AvgIpc) is 2.65. The molecule has 1 heterocycles. The standard InChI is InChI=1S/C14H14F4O2/c1-8-10-7-9(15)4-5-12(10)20-13(8)11(19)3-2-6-14(16,17)18/h4-5,7,11,19H,2-3,6H2,1H3. The SMILES string of the molecule is Cc1c(C(O)CCCC(F)(F)F)oc2ccc(F)cc12. The van der Waals surface area contributed by atoms with E-state index in [4.69, 9.17) is 4.42 Å². The van der Waals surface area contributed by atoms with Crippen LogP contribution in [0.25, 0.3) is 11.0 Å². The highest BCUT2D eigenvalue weighted by Gasteiger charge is 2.27. The van der Waals surface area contributed by atoms with E-state index in [1.165, 1.54) is 18.2 Å². The summed E-state index contributed by atoms with van der Waals surface area (Å²) in [6, 6.07) is 3.94. The number of benzene rings is 1. The monoisotopic (exact) mass is 290 g/mol. The van der Waals surface area contributed by atoms with Gasteiger partial charge in [0.05, 0.1) is 0 Å². The van der Waals surface area contributed by atoms with Gasteiger partial charge in [0.15, 0.2) is 0 Å². The van der Waals surface area contributed by atoms with E-state index in [1.54, 1.807) is 6.92 Å². The third kappa shape index (κ3) is 3.30. The topological polar surface area (TPSA) is 33.4 Å². The van der Waals surface area contributed by atoms with E-state index in [2.05, 4.69) is 0 Å². The largest absolute Gasteiger partial charge is 0.458 e. The van der Waals surface area contributed by atoms with Gasteiger partial charge in [0, 0.05) is 17.4 Å². The normalized spacial score (nSPS) is 13.9. The predicted molar refractivity (Wildman–Crippen MR) is 65.8 cm³/mol. The van der Waals surface area contributed by atoms with Gasteiger partial charge in [-0.1, -0.05) is 0 Å².